The summed E-state index contributed by atoms with van der Waals surface area (Å²) in [5.74, 6) is 0.519. The van der Waals surface area contributed by atoms with Gasteiger partial charge >= 0.3 is 0 Å². The molecule has 0 saturated heterocycles. The van der Waals surface area contributed by atoms with Crippen LogP contribution in [0.4, 0.5) is 11.4 Å². The van der Waals surface area contributed by atoms with Gasteiger partial charge in [-0.25, -0.2) is 16.8 Å². The van der Waals surface area contributed by atoms with Crippen LogP contribution in [0, 0.1) is 20.2 Å². The maximum atomic E-state index is 12.5. The van der Waals surface area contributed by atoms with Crippen molar-refractivity contribution in [2.75, 3.05) is 6.61 Å². The molecular formula is C30H26N2O10S2. The van der Waals surface area contributed by atoms with E-state index in [0.717, 1.165) is 24.3 Å². The normalized spacial score (nSPS) is 11.0. The molecule has 4 rings (SSSR count). The molecule has 0 unspecified atom stereocenters. The number of nitrogens with zero attached hydrogens (tertiary/aromatic N) is 2. The van der Waals surface area contributed by atoms with Crippen LogP contribution >= 0.6 is 0 Å². The molecule has 0 amide bonds. The van der Waals surface area contributed by atoms with Gasteiger partial charge in [-0.1, -0.05) is 18.7 Å². The molecule has 228 valence electrons. The number of rotatable bonds is 11. The molecule has 0 aliphatic carbocycles. The van der Waals surface area contributed by atoms with E-state index in [9.17, 15) is 42.2 Å². The number of phenolic OH excluding ortho intramolecular Hbond substituents is 1. The van der Waals surface area contributed by atoms with Crippen LogP contribution < -0.4 is 4.74 Å². The van der Waals surface area contributed by atoms with E-state index < -0.39 is 29.5 Å². The van der Waals surface area contributed by atoms with Gasteiger partial charge in [-0.05, 0) is 78.7 Å². The fraction of sp³-hybridized carbons (Fsp3) is 0.0667. The molecule has 12 nitrogen and oxygen atoms in total. The topological polar surface area (TPSA) is 184 Å². The minimum Gasteiger partial charge on any atom is -0.508 e. The Morgan fingerprint density at radius 2 is 1.07 bits per heavy atom. The lowest BCUT2D eigenvalue weighted by molar-refractivity contribution is -0.385. The number of hydrogen-bond acceptors (Lipinski definition) is 10. The van der Waals surface area contributed by atoms with Crippen molar-refractivity contribution in [3.63, 3.8) is 0 Å². The maximum Gasteiger partial charge on any atom is 0.269 e. The number of nitro groups is 2. The van der Waals surface area contributed by atoms with E-state index in [-0.39, 0.29) is 36.7 Å². The van der Waals surface area contributed by atoms with Crippen LogP contribution in [0.3, 0.4) is 0 Å². The van der Waals surface area contributed by atoms with Crippen LogP contribution in [-0.4, -0.2) is 38.4 Å². The minimum atomic E-state index is -3.81. The summed E-state index contributed by atoms with van der Waals surface area (Å²) in [4.78, 5) is 20.1. The average Bonchev–Trinajstić information content (AvgIpc) is 3.01. The molecule has 0 bridgehead atoms. The smallest absolute Gasteiger partial charge is 0.269 e. The Morgan fingerprint density at radius 3 is 1.48 bits per heavy atom. The second-order valence-electron chi connectivity index (χ2n) is 8.86. The van der Waals surface area contributed by atoms with E-state index in [1.807, 2.05) is 0 Å². The van der Waals surface area contributed by atoms with Crippen molar-refractivity contribution in [3.05, 3.63) is 142 Å². The van der Waals surface area contributed by atoms with Gasteiger partial charge in [0.05, 0.1) is 29.4 Å². The van der Waals surface area contributed by atoms with E-state index in [0.29, 0.717) is 24.3 Å². The molecule has 0 radical (unpaired) electrons. The standard InChI is InChI=1S/2C15H13NO5S/c1-2-11-21-13-5-9-15(10-6-13)22(19,20)14-7-3-12(4-8-14)16(17)18;1-2-3-11-10-14(8-9-15(11)17)22(20,21)13-6-4-12(5-7-13)16(18)19/h2-10H,1,11H2;2,4-10,17H,1,3H2. The molecule has 0 heterocycles. The monoisotopic (exact) mass is 638 g/mol. The first-order chi connectivity index (χ1) is 20.8. The summed E-state index contributed by atoms with van der Waals surface area (Å²) in [6.45, 7) is 7.40. The van der Waals surface area contributed by atoms with Crippen LogP contribution in [0.1, 0.15) is 5.56 Å². The number of ether oxygens (including phenoxy) is 1. The van der Waals surface area contributed by atoms with E-state index in [4.69, 9.17) is 4.74 Å². The van der Waals surface area contributed by atoms with Crippen LogP contribution in [0.15, 0.2) is 136 Å². The number of benzene rings is 4. The highest BCUT2D eigenvalue weighted by atomic mass is 32.2. The Bertz CT molecular complexity index is 1890. The zero-order valence-corrected chi connectivity index (χ0v) is 24.6. The van der Waals surface area contributed by atoms with Crippen LogP contribution in [0.5, 0.6) is 11.5 Å². The number of aromatic hydroxyl groups is 1. The predicted octanol–water partition coefficient (Wildman–Crippen LogP) is 5.85. The van der Waals surface area contributed by atoms with Crippen molar-refractivity contribution >= 4 is 31.0 Å². The van der Waals surface area contributed by atoms with Crippen LogP contribution in [0.25, 0.3) is 0 Å². The van der Waals surface area contributed by atoms with Crippen molar-refractivity contribution in [3.8, 4) is 11.5 Å². The van der Waals surface area contributed by atoms with E-state index >= 15 is 0 Å². The number of nitro benzene ring substituents is 2. The van der Waals surface area contributed by atoms with E-state index in [1.165, 1.54) is 54.6 Å². The zero-order chi connectivity index (χ0) is 32.5. The van der Waals surface area contributed by atoms with Gasteiger partial charge in [0, 0.05) is 24.3 Å². The van der Waals surface area contributed by atoms with E-state index in [1.54, 1.807) is 24.3 Å². The molecular weight excluding hydrogens is 612 g/mol. The Morgan fingerprint density at radius 1 is 0.659 bits per heavy atom. The molecule has 0 atom stereocenters. The predicted molar refractivity (Wildman–Crippen MR) is 161 cm³/mol. The van der Waals surface area contributed by atoms with Gasteiger partial charge in [-0.2, -0.15) is 0 Å². The quantitative estimate of drug-likeness (QED) is 0.119. The molecule has 0 saturated carbocycles. The van der Waals surface area contributed by atoms with Gasteiger partial charge in [-0.3, -0.25) is 20.2 Å². The lowest BCUT2D eigenvalue weighted by Gasteiger charge is -2.08. The Hall–Kier alpha value is -5.34. The number of allylic oxidation sites excluding steroid dienone is 1. The molecule has 0 spiro atoms. The van der Waals surface area contributed by atoms with Gasteiger partial charge in [0.25, 0.3) is 11.4 Å². The summed E-state index contributed by atoms with van der Waals surface area (Å²) in [6.07, 6.45) is 3.47. The zero-order valence-electron chi connectivity index (χ0n) is 23.0. The van der Waals surface area contributed by atoms with Gasteiger partial charge in [0.1, 0.15) is 18.1 Å². The molecule has 4 aromatic carbocycles. The lowest BCUT2D eigenvalue weighted by atomic mass is 10.1. The van der Waals surface area contributed by atoms with Crippen molar-refractivity contribution < 1.29 is 36.5 Å². The second-order valence-corrected chi connectivity index (χ2v) is 12.8. The number of phenols is 1. The number of sulfone groups is 2. The van der Waals surface area contributed by atoms with Crippen LogP contribution in [0.2, 0.25) is 0 Å². The third-order valence-electron chi connectivity index (χ3n) is 5.94. The average molecular weight is 639 g/mol. The van der Waals surface area contributed by atoms with Crippen molar-refractivity contribution in [2.45, 2.75) is 26.0 Å². The van der Waals surface area contributed by atoms with Gasteiger partial charge < -0.3 is 9.84 Å². The fourth-order valence-corrected chi connectivity index (χ4v) is 6.26. The maximum absolute atomic E-state index is 12.5. The Labute approximate surface area is 253 Å². The Kier molecular flexibility index (Phi) is 10.7. The third kappa shape index (κ3) is 7.93. The molecule has 0 aromatic heterocycles. The summed E-state index contributed by atoms with van der Waals surface area (Å²) >= 11 is 0. The first-order valence-corrected chi connectivity index (χ1v) is 15.5. The molecule has 0 aliphatic heterocycles. The van der Waals surface area contributed by atoms with Crippen LogP contribution in [-0.2, 0) is 26.1 Å². The summed E-state index contributed by atoms with van der Waals surface area (Å²) in [7, 11) is -7.52. The number of hydrogen-bond donors (Lipinski definition) is 1. The highest BCUT2D eigenvalue weighted by molar-refractivity contribution is 7.91. The summed E-state index contributed by atoms with van der Waals surface area (Å²) in [6, 6.07) is 19.3. The molecule has 0 fully saturated rings. The van der Waals surface area contributed by atoms with Gasteiger partial charge in [0.2, 0.25) is 19.7 Å². The van der Waals surface area contributed by atoms with Crippen molar-refractivity contribution in [1.82, 2.24) is 0 Å². The first-order valence-electron chi connectivity index (χ1n) is 12.6. The highest BCUT2D eigenvalue weighted by Crippen LogP contribution is 2.28. The lowest BCUT2D eigenvalue weighted by Crippen LogP contribution is -2.03. The summed E-state index contributed by atoms with van der Waals surface area (Å²) < 4.78 is 55.1. The molecule has 14 heteroatoms. The van der Waals surface area contributed by atoms with E-state index in [2.05, 4.69) is 13.2 Å². The molecule has 4 aromatic rings. The highest BCUT2D eigenvalue weighted by Gasteiger charge is 2.21. The first kappa shape index (κ1) is 33.2. The second kappa shape index (κ2) is 14.2. The number of non-ortho nitro benzene ring substituents is 2. The van der Waals surface area contributed by atoms with Gasteiger partial charge in [0.15, 0.2) is 0 Å². The summed E-state index contributed by atoms with van der Waals surface area (Å²) in [5, 5.41) is 30.9. The van der Waals surface area contributed by atoms with Crippen molar-refractivity contribution in [2.24, 2.45) is 0 Å². The SMILES string of the molecule is C=CCOc1ccc(S(=O)(=O)c2ccc([N+](=O)[O-])cc2)cc1.C=CCc1cc(S(=O)(=O)c2ccc([N+](=O)[O-])cc2)ccc1O. The van der Waals surface area contributed by atoms with Gasteiger partial charge in [-0.15, -0.1) is 6.58 Å². The summed E-state index contributed by atoms with van der Waals surface area (Å²) in [5.41, 5.74) is 0.0992. The largest absolute Gasteiger partial charge is 0.508 e. The molecule has 1 N–H and O–H groups in total. The molecule has 0 aliphatic rings. The molecule has 44 heavy (non-hydrogen) atoms. The van der Waals surface area contributed by atoms with Crippen molar-refractivity contribution in [1.29, 1.82) is 0 Å². The fourth-order valence-electron chi connectivity index (χ4n) is 3.68. The minimum absolute atomic E-state index is 0.00198. The third-order valence-corrected chi connectivity index (χ3v) is 9.50. The Balaban J connectivity index is 0.000000240.